The number of aromatic nitrogens is 5. The first-order valence-corrected chi connectivity index (χ1v) is 11.9. The molecule has 2 aromatic carbocycles. The van der Waals surface area contributed by atoms with Gasteiger partial charge in [-0.15, -0.1) is 10.2 Å². The largest absolute Gasteiger partial charge is 0.341 e. The molecule has 1 fully saturated rings. The van der Waals surface area contributed by atoms with E-state index >= 15 is 0 Å². The number of amides is 1. The zero-order valence-electron chi connectivity index (χ0n) is 18.7. The summed E-state index contributed by atoms with van der Waals surface area (Å²) in [5, 5.41) is 16.9. The van der Waals surface area contributed by atoms with Crippen molar-refractivity contribution in [2.75, 3.05) is 28.6 Å². The first-order valence-electron chi connectivity index (χ1n) is 11.1. The lowest BCUT2D eigenvalue weighted by molar-refractivity contribution is -0.114. The Bertz CT molecular complexity index is 1270. The van der Waals surface area contributed by atoms with E-state index in [1.807, 2.05) is 42.5 Å². The number of nitrogens with zero attached hydrogens (tertiary/aromatic N) is 6. The van der Waals surface area contributed by atoms with Gasteiger partial charge in [0, 0.05) is 42.9 Å². The van der Waals surface area contributed by atoms with E-state index in [4.69, 9.17) is 0 Å². The first-order chi connectivity index (χ1) is 16.6. The molecule has 0 unspecified atom stereocenters. The fraction of sp³-hybridized carbons (Fsp3) is 0.250. The number of hydrogen-bond acceptors (Lipinski definition) is 9. The molecule has 2 aromatic heterocycles. The van der Waals surface area contributed by atoms with Crippen molar-refractivity contribution in [2.45, 2.75) is 25.7 Å². The number of nitrogens with one attached hydrogen (secondary N) is 2. The molecule has 2 N–H and O–H groups in total. The van der Waals surface area contributed by atoms with Crippen LogP contribution in [0.3, 0.4) is 0 Å². The molecule has 0 saturated carbocycles. The van der Waals surface area contributed by atoms with Gasteiger partial charge in [0.1, 0.15) is 16.3 Å². The van der Waals surface area contributed by atoms with Crippen LogP contribution in [0.4, 0.5) is 23.3 Å². The van der Waals surface area contributed by atoms with E-state index in [9.17, 15) is 4.79 Å². The van der Waals surface area contributed by atoms with Crippen LogP contribution in [-0.4, -0.2) is 44.1 Å². The van der Waals surface area contributed by atoms with Crippen molar-refractivity contribution >= 4 is 40.5 Å². The average Bonchev–Trinajstić information content (AvgIpc) is 3.35. The molecular formula is C24H24N8OS. The maximum Gasteiger partial charge on any atom is 0.231 e. The highest BCUT2D eigenvalue weighted by atomic mass is 32.1. The fourth-order valence-corrected chi connectivity index (χ4v) is 4.95. The van der Waals surface area contributed by atoms with Crippen LogP contribution in [0.5, 0.6) is 0 Å². The molecule has 5 rings (SSSR count). The number of hydrogen-bond donors (Lipinski definition) is 2. The van der Waals surface area contributed by atoms with Crippen molar-refractivity contribution in [3.8, 4) is 10.6 Å². The summed E-state index contributed by atoms with van der Waals surface area (Å²) in [5.41, 5.74) is 2.60. The summed E-state index contributed by atoms with van der Waals surface area (Å²) >= 11 is 1.68. The molecule has 0 bridgehead atoms. The van der Waals surface area contributed by atoms with Crippen molar-refractivity contribution in [1.82, 2.24) is 25.1 Å². The van der Waals surface area contributed by atoms with E-state index in [2.05, 4.69) is 52.8 Å². The van der Waals surface area contributed by atoms with E-state index < -0.39 is 0 Å². The summed E-state index contributed by atoms with van der Waals surface area (Å²) in [6.07, 6.45) is 3.46. The molecule has 1 saturated heterocycles. The lowest BCUT2D eigenvalue weighted by atomic mass is 9.98. The Kier molecular flexibility index (Phi) is 6.39. The Morgan fingerprint density at radius 3 is 2.59 bits per heavy atom. The lowest BCUT2D eigenvalue weighted by Crippen LogP contribution is -2.34. The van der Waals surface area contributed by atoms with Gasteiger partial charge < -0.3 is 15.5 Å². The highest BCUT2D eigenvalue weighted by Crippen LogP contribution is 2.34. The minimum absolute atomic E-state index is 0.118. The molecule has 34 heavy (non-hydrogen) atoms. The minimum atomic E-state index is -0.118. The Morgan fingerprint density at radius 1 is 1.00 bits per heavy atom. The third-order valence-electron chi connectivity index (χ3n) is 5.59. The molecular weight excluding hydrogens is 448 g/mol. The highest BCUT2D eigenvalue weighted by Gasteiger charge is 2.25. The van der Waals surface area contributed by atoms with Gasteiger partial charge in [-0.3, -0.25) is 4.79 Å². The summed E-state index contributed by atoms with van der Waals surface area (Å²) in [6.45, 7) is 3.16. The summed E-state index contributed by atoms with van der Waals surface area (Å²) in [7, 11) is 0. The van der Waals surface area contributed by atoms with E-state index in [0.29, 0.717) is 23.5 Å². The predicted molar refractivity (Wildman–Crippen MR) is 133 cm³/mol. The molecule has 0 aliphatic carbocycles. The van der Waals surface area contributed by atoms with Crippen LogP contribution in [0.2, 0.25) is 0 Å². The van der Waals surface area contributed by atoms with Crippen LogP contribution < -0.4 is 15.5 Å². The standard InChI is InChI=1S/C24H24N8OS/c1-16(33)27-19-8-5-9-20(14-19)28-23-25-15-26-24(29-23)32-12-10-18(11-13-32)22-31-30-21(34-22)17-6-3-2-4-7-17/h2-9,14-15,18H,10-13H2,1H3,(H,27,33)(H,25,26,28,29). The Labute approximate surface area is 201 Å². The highest BCUT2D eigenvalue weighted by molar-refractivity contribution is 7.14. The molecule has 4 aromatic rings. The third kappa shape index (κ3) is 5.18. The number of rotatable bonds is 6. The van der Waals surface area contributed by atoms with Crippen molar-refractivity contribution in [2.24, 2.45) is 0 Å². The molecule has 10 heteroatoms. The van der Waals surface area contributed by atoms with Crippen LogP contribution in [0.25, 0.3) is 10.6 Å². The molecule has 0 spiro atoms. The second-order valence-electron chi connectivity index (χ2n) is 8.07. The zero-order valence-corrected chi connectivity index (χ0v) is 19.5. The monoisotopic (exact) mass is 472 g/mol. The maximum atomic E-state index is 11.3. The number of benzene rings is 2. The number of carbonyl (C=O) groups is 1. The molecule has 9 nitrogen and oxygen atoms in total. The van der Waals surface area contributed by atoms with Gasteiger partial charge in [0.05, 0.1) is 0 Å². The van der Waals surface area contributed by atoms with E-state index in [1.54, 1.807) is 11.3 Å². The first kappa shape index (κ1) is 21.9. The normalized spacial score (nSPS) is 14.1. The van der Waals surface area contributed by atoms with E-state index in [-0.39, 0.29) is 5.91 Å². The summed E-state index contributed by atoms with van der Waals surface area (Å²) in [6, 6.07) is 17.6. The Morgan fingerprint density at radius 2 is 1.79 bits per heavy atom. The van der Waals surface area contributed by atoms with Gasteiger partial charge in [-0.05, 0) is 31.0 Å². The van der Waals surface area contributed by atoms with Crippen LogP contribution in [0.15, 0.2) is 60.9 Å². The quantitative estimate of drug-likeness (QED) is 0.423. The van der Waals surface area contributed by atoms with Crippen LogP contribution in [-0.2, 0) is 4.79 Å². The number of anilines is 4. The van der Waals surface area contributed by atoms with Gasteiger partial charge in [-0.1, -0.05) is 47.7 Å². The molecule has 1 aliphatic rings. The predicted octanol–water partition coefficient (Wildman–Crippen LogP) is 4.48. The summed E-state index contributed by atoms with van der Waals surface area (Å²) < 4.78 is 0. The van der Waals surface area contributed by atoms with E-state index in [0.717, 1.165) is 47.2 Å². The Hall–Kier alpha value is -3.92. The topological polar surface area (TPSA) is 109 Å². The van der Waals surface area contributed by atoms with Crippen molar-refractivity contribution < 1.29 is 4.79 Å². The number of piperidine rings is 1. The Balaban J connectivity index is 1.22. The molecule has 1 amide bonds. The van der Waals surface area contributed by atoms with Gasteiger partial charge in [-0.25, -0.2) is 9.97 Å². The molecule has 3 heterocycles. The summed E-state index contributed by atoms with van der Waals surface area (Å²) in [5.74, 6) is 1.38. The van der Waals surface area contributed by atoms with Gasteiger partial charge in [0.15, 0.2) is 0 Å². The van der Waals surface area contributed by atoms with E-state index in [1.165, 1.54) is 13.3 Å². The SMILES string of the molecule is CC(=O)Nc1cccc(Nc2ncnc(N3CCC(c4nnc(-c5ccccc5)s4)CC3)n2)c1. The lowest BCUT2D eigenvalue weighted by Gasteiger charge is -2.30. The number of carbonyl (C=O) groups excluding carboxylic acids is 1. The third-order valence-corrected chi connectivity index (χ3v) is 6.72. The van der Waals surface area contributed by atoms with Crippen molar-refractivity contribution in [3.05, 3.63) is 65.9 Å². The van der Waals surface area contributed by atoms with Crippen LogP contribution in [0, 0.1) is 0 Å². The van der Waals surface area contributed by atoms with Crippen LogP contribution in [0.1, 0.15) is 30.7 Å². The average molecular weight is 473 g/mol. The second-order valence-corrected chi connectivity index (χ2v) is 9.08. The smallest absolute Gasteiger partial charge is 0.231 e. The van der Waals surface area contributed by atoms with Gasteiger partial charge >= 0.3 is 0 Å². The minimum Gasteiger partial charge on any atom is -0.341 e. The molecule has 1 aliphatic heterocycles. The van der Waals surface area contributed by atoms with Crippen LogP contribution >= 0.6 is 11.3 Å². The zero-order chi connectivity index (χ0) is 23.3. The molecule has 0 radical (unpaired) electrons. The van der Waals surface area contributed by atoms with Gasteiger partial charge in [0.2, 0.25) is 17.8 Å². The van der Waals surface area contributed by atoms with Crippen molar-refractivity contribution in [1.29, 1.82) is 0 Å². The maximum absolute atomic E-state index is 11.3. The molecule has 172 valence electrons. The summed E-state index contributed by atoms with van der Waals surface area (Å²) in [4.78, 5) is 26.7. The van der Waals surface area contributed by atoms with Gasteiger partial charge in [-0.2, -0.15) is 4.98 Å². The second kappa shape index (κ2) is 9.92. The fourth-order valence-electron chi connectivity index (χ4n) is 3.93. The molecule has 0 atom stereocenters. The van der Waals surface area contributed by atoms with Gasteiger partial charge in [0.25, 0.3) is 0 Å². The van der Waals surface area contributed by atoms with Crippen molar-refractivity contribution in [3.63, 3.8) is 0 Å².